The third-order valence-corrected chi connectivity index (χ3v) is 3.03. The Morgan fingerprint density at radius 3 is 2.38 bits per heavy atom. The van der Waals surface area contributed by atoms with Crippen LogP contribution in [0.3, 0.4) is 0 Å². The highest BCUT2D eigenvalue weighted by atomic mass is 32.1. The Kier molecular flexibility index (Phi) is 7.21. The van der Waals surface area contributed by atoms with Crippen LogP contribution in [0.1, 0.15) is 27.2 Å². The van der Waals surface area contributed by atoms with Gasteiger partial charge in [0.1, 0.15) is 0 Å². The fourth-order valence-corrected chi connectivity index (χ4v) is 1.32. The summed E-state index contributed by atoms with van der Waals surface area (Å²) in [6.07, 6.45) is 0.893. The maximum absolute atomic E-state index is 11.8. The third-order valence-electron chi connectivity index (χ3n) is 2.21. The van der Waals surface area contributed by atoms with Crippen LogP contribution in [0.25, 0.3) is 0 Å². The van der Waals surface area contributed by atoms with Crippen molar-refractivity contribution in [1.82, 2.24) is 10.2 Å². The first-order valence-electron chi connectivity index (χ1n) is 5.59. The van der Waals surface area contributed by atoms with Crippen molar-refractivity contribution < 1.29 is 9.59 Å². The molecule has 4 nitrogen and oxygen atoms in total. The van der Waals surface area contributed by atoms with Gasteiger partial charge < -0.3 is 10.2 Å². The summed E-state index contributed by atoms with van der Waals surface area (Å²) in [6.45, 7) is 6.59. The zero-order valence-electron chi connectivity index (χ0n) is 10.5. The summed E-state index contributed by atoms with van der Waals surface area (Å²) in [4.78, 5) is 24.6. The molecule has 1 atom stereocenters. The molecule has 1 unspecified atom stereocenters. The topological polar surface area (TPSA) is 49.4 Å². The van der Waals surface area contributed by atoms with Crippen LogP contribution in [-0.2, 0) is 9.59 Å². The van der Waals surface area contributed by atoms with E-state index in [0.717, 1.165) is 6.42 Å². The molecule has 0 bridgehead atoms. The Hall–Kier alpha value is -0.710. The second kappa shape index (κ2) is 7.54. The lowest BCUT2D eigenvalue weighted by Gasteiger charge is -2.22. The molecule has 0 saturated carbocycles. The molecule has 0 heterocycles. The fraction of sp³-hybridized carbons (Fsp3) is 0.818. The number of carbonyl (C=O) groups excluding carboxylic acids is 2. The van der Waals surface area contributed by atoms with Crippen LogP contribution in [-0.4, -0.2) is 42.1 Å². The van der Waals surface area contributed by atoms with Gasteiger partial charge in [0, 0.05) is 13.6 Å². The molecular formula is C11H22N2O2S. The minimum Gasteiger partial charge on any atom is -0.355 e. The molecule has 0 aromatic carbocycles. The van der Waals surface area contributed by atoms with Gasteiger partial charge in [-0.2, -0.15) is 12.6 Å². The van der Waals surface area contributed by atoms with E-state index in [9.17, 15) is 9.59 Å². The standard InChI is InChI=1S/C11H22N2O2S/c1-5-6-12-9(14)7-13(4)11(15)10(16)8(2)3/h8,10,16H,5-7H2,1-4H3,(H,12,14). The van der Waals surface area contributed by atoms with Crippen LogP contribution >= 0.6 is 12.6 Å². The van der Waals surface area contributed by atoms with E-state index in [1.165, 1.54) is 4.90 Å². The number of amides is 2. The van der Waals surface area contributed by atoms with Crippen LogP contribution in [0.2, 0.25) is 0 Å². The molecule has 0 aromatic heterocycles. The van der Waals surface area contributed by atoms with Crippen LogP contribution in [0, 0.1) is 5.92 Å². The molecule has 94 valence electrons. The number of rotatable bonds is 6. The number of likely N-dealkylation sites (N-methyl/N-ethyl adjacent to an activating group) is 1. The summed E-state index contributed by atoms with van der Waals surface area (Å²) in [5, 5.41) is 2.38. The Morgan fingerprint density at radius 2 is 1.94 bits per heavy atom. The van der Waals surface area contributed by atoms with Gasteiger partial charge in [0.25, 0.3) is 0 Å². The van der Waals surface area contributed by atoms with E-state index in [-0.39, 0.29) is 29.5 Å². The molecule has 0 saturated heterocycles. The van der Waals surface area contributed by atoms with Gasteiger partial charge in [0.2, 0.25) is 11.8 Å². The number of nitrogens with one attached hydrogen (secondary N) is 1. The second-order valence-corrected chi connectivity index (χ2v) is 4.79. The number of hydrogen-bond donors (Lipinski definition) is 2. The highest BCUT2D eigenvalue weighted by Crippen LogP contribution is 2.11. The first kappa shape index (κ1) is 15.3. The summed E-state index contributed by atoms with van der Waals surface area (Å²) >= 11 is 4.23. The van der Waals surface area contributed by atoms with Gasteiger partial charge in [0.05, 0.1) is 11.8 Å². The molecule has 0 aromatic rings. The van der Waals surface area contributed by atoms with E-state index in [0.29, 0.717) is 6.54 Å². The molecule has 0 aliphatic heterocycles. The molecule has 0 fully saturated rings. The summed E-state index contributed by atoms with van der Waals surface area (Å²) in [6, 6.07) is 0. The van der Waals surface area contributed by atoms with E-state index < -0.39 is 0 Å². The summed E-state index contributed by atoms with van der Waals surface area (Å²) in [7, 11) is 1.62. The second-order valence-electron chi connectivity index (χ2n) is 4.23. The number of nitrogens with zero attached hydrogens (tertiary/aromatic N) is 1. The zero-order valence-corrected chi connectivity index (χ0v) is 11.4. The maximum Gasteiger partial charge on any atom is 0.239 e. The van der Waals surface area contributed by atoms with Gasteiger partial charge in [-0.15, -0.1) is 0 Å². The van der Waals surface area contributed by atoms with Crippen molar-refractivity contribution in [2.45, 2.75) is 32.4 Å². The molecule has 2 amide bonds. The predicted molar refractivity (Wildman–Crippen MR) is 68.5 cm³/mol. The smallest absolute Gasteiger partial charge is 0.239 e. The Labute approximate surface area is 103 Å². The average molecular weight is 246 g/mol. The number of hydrogen-bond acceptors (Lipinski definition) is 3. The lowest BCUT2D eigenvalue weighted by atomic mass is 10.1. The molecular weight excluding hydrogens is 224 g/mol. The largest absolute Gasteiger partial charge is 0.355 e. The SMILES string of the molecule is CCCNC(=O)CN(C)C(=O)C(S)C(C)C. The molecule has 16 heavy (non-hydrogen) atoms. The Bertz CT molecular complexity index is 244. The summed E-state index contributed by atoms with van der Waals surface area (Å²) in [5.74, 6) is -0.0658. The third kappa shape index (κ3) is 5.39. The van der Waals surface area contributed by atoms with Crippen LogP contribution in [0.15, 0.2) is 0 Å². The van der Waals surface area contributed by atoms with Gasteiger partial charge in [-0.3, -0.25) is 9.59 Å². The molecule has 0 spiro atoms. The van der Waals surface area contributed by atoms with Crippen molar-refractivity contribution in [2.24, 2.45) is 5.92 Å². The molecule has 0 rings (SSSR count). The maximum atomic E-state index is 11.8. The van der Waals surface area contributed by atoms with Gasteiger partial charge >= 0.3 is 0 Å². The average Bonchev–Trinajstić information content (AvgIpc) is 2.23. The Morgan fingerprint density at radius 1 is 1.38 bits per heavy atom. The molecule has 0 aliphatic rings. The summed E-state index contributed by atoms with van der Waals surface area (Å²) < 4.78 is 0. The first-order valence-corrected chi connectivity index (χ1v) is 6.11. The quantitative estimate of drug-likeness (QED) is 0.685. The van der Waals surface area contributed by atoms with E-state index in [4.69, 9.17) is 0 Å². The van der Waals surface area contributed by atoms with Crippen molar-refractivity contribution in [3.8, 4) is 0 Å². The van der Waals surface area contributed by atoms with E-state index in [2.05, 4.69) is 17.9 Å². The van der Waals surface area contributed by atoms with Gasteiger partial charge in [0.15, 0.2) is 0 Å². The normalized spacial score (nSPS) is 12.4. The van der Waals surface area contributed by atoms with Crippen LogP contribution in [0.4, 0.5) is 0 Å². The van der Waals surface area contributed by atoms with Crippen molar-refractivity contribution in [2.75, 3.05) is 20.1 Å². The van der Waals surface area contributed by atoms with Crippen molar-refractivity contribution in [1.29, 1.82) is 0 Å². The highest BCUT2D eigenvalue weighted by molar-refractivity contribution is 7.81. The minimum atomic E-state index is -0.344. The van der Waals surface area contributed by atoms with E-state index >= 15 is 0 Å². The van der Waals surface area contributed by atoms with Crippen LogP contribution in [0.5, 0.6) is 0 Å². The molecule has 5 heteroatoms. The van der Waals surface area contributed by atoms with Crippen molar-refractivity contribution >= 4 is 24.4 Å². The van der Waals surface area contributed by atoms with Gasteiger partial charge in [-0.05, 0) is 12.3 Å². The molecule has 1 N–H and O–H groups in total. The monoisotopic (exact) mass is 246 g/mol. The summed E-state index contributed by atoms with van der Waals surface area (Å²) in [5.41, 5.74) is 0. The number of carbonyl (C=O) groups is 2. The molecule has 0 radical (unpaired) electrons. The Balaban J connectivity index is 4.09. The predicted octanol–water partition coefficient (Wildman–Crippen LogP) is 0.925. The number of thiol groups is 1. The van der Waals surface area contributed by atoms with E-state index in [1.54, 1.807) is 7.05 Å². The minimum absolute atomic E-state index is 0.0998. The highest BCUT2D eigenvalue weighted by Gasteiger charge is 2.22. The van der Waals surface area contributed by atoms with Gasteiger partial charge in [-0.1, -0.05) is 20.8 Å². The first-order chi connectivity index (χ1) is 7.40. The van der Waals surface area contributed by atoms with Gasteiger partial charge in [-0.25, -0.2) is 0 Å². The van der Waals surface area contributed by atoms with Crippen molar-refractivity contribution in [3.05, 3.63) is 0 Å². The van der Waals surface area contributed by atoms with Crippen molar-refractivity contribution in [3.63, 3.8) is 0 Å². The fourth-order valence-electron chi connectivity index (χ4n) is 1.12. The lowest BCUT2D eigenvalue weighted by Crippen LogP contribution is -2.42. The zero-order chi connectivity index (χ0) is 12.7. The lowest BCUT2D eigenvalue weighted by molar-refractivity contribution is -0.134. The molecule has 0 aliphatic carbocycles. The van der Waals surface area contributed by atoms with Crippen LogP contribution < -0.4 is 5.32 Å². The van der Waals surface area contributed by atoms with E-state index in [1.807, 2.05) is 20.8 Å².